The monoisotopic (exact) mass is 737 g/mol. The lowest BCUT2D eigenvalue weighted by molar-refractivity contribution is -0.384. The van der Waals surface area contributed by atoms with Crippen LogP contribution in [0.4, 0.5) is 16.2 Å². The van der Waals surface area contributed by atoms with E-state index >= 15 is 0 Å². The molecule has 0 bridgehead atoms. The molecule has 13 heteroatoms. The first-order valence-electron chi connectivity index (χ1n) is 18.3. The van der Waals surface area contributed by atoms with Gasteiger partial charge in [-0.2, -0.15) is 0 Å². The number of benzene rings is 4. The number of hydrogen-bond donors (Lipinski definition) is 3. The molecule has 2 heterocycles. The number of nitrogens with zero attached hydrogens (tertiary/aromatic N) is 3. The van der Waals surface area contributed by atoms with E-state index in [1.165, 1.54) is 0 Å². The Morgan fingerprint density at radius 2 is 1.57 bits per heavy atom. The predicted molar refractivity (Wildman–Crippen MR) is 203 cm³/mol. The van der Waals surface area contributed by atoms with Crippen LogP contribution in [-0.4, -0.2) is 78.9 Å². The second kappa shape index (κ2) is 18.1. The van der Waals surface area contributed by atoms with Crippen LogP contribution < -0.4 is 15.5 Å². The Balaban J connectivity index is 1.15. The van der Waals surface area contributed by atoms with E-state index in [2.05, 4.69) is 33.4 Å². The second-order valence-corrected chi connectivity index (χ2v) is 13.6. The van der Waals surface area contributed by atoms with Crippen LogP contribution in [0.5, 0.6) is 0 Å². The van der Waals surface area contributed by atoms with Crippen molar-refractivity contribution < 1.29 is 33.8 Å². The normalized spacial score (nSPS) is 20.2. The Bertz CT molecular complexity index is 1880. The first kappa shape index (κ1) is 38.4. The number of amides is 2. The van der Waals surface area contributed by atoms with Crippen LogP contribution in [0, 0.1) is 16.0 Å². The average Bonchev–Trinajstić information content (AvgIpc) is 3.20. The van der Waals surface area contributed by atoms with E-state index < -0.39 is 18.3 Å². The second-order valence-electron chi connectivity index (χ2n) is 13.6. The van der Waals surface area contributed by atoms with Crippen molar-refractivity contribution in [2.24, 2.45) is 5.92 Å². The van der Waals surface area contributed by atoms with E-state index in [0.29, 0.717) is 6.54 Å². The van der Waals surface area contributed by atoms with Crippen molar-refractivity contribution in [2.45, 2.75) is 45.5 Å². The van der Waals surface area contributed by atoms with Gasteiger partial charge in [0.15, 0.2) is 6.29 Å². The number of nitro benzene ring substituents is 1. The number of esters is 1. The fraction of sp³-hybridized carbons (Fsp3) is 0.366. The minimum absolute atomic E-state index is 0.0239. The number of piperazine rings is 1. The Morgan fingerprint density at radius 1 is 0.870 bits per heavy atom. The summed E-state index contributed by atoms with van der Waals surface area (Å²) in [5.41, 5.74) is 6.61. The molecular formula is C41H47N5O8. The van der Waals surface area contributed by atoms with E-state index in [1.807, 2.05) is 78.9 Å². The van der Waals surface area contributed by atoms with E-state index in [1.54, 1.807) is 19.1 Å². The van der Waals surface area contributed by atoms with Gasteiger partial charge in [-0.3, -0.25) is 19.8 Å². The van der Waals surface area contributed by atoms with Gasteiger partial charge in [-0.05, 0) is 59.0 Å². The largest absolute Gasteiger partial charge is 0.465 e. The van der Waals surface area contributed by atoms with Crippen molar-refractivity contribution >= 4 is 23.4 Å². The van der Waals surface area contributed by atoms with Gasteiger partial charge in [0, 0.05) is 68.6 Å². The summed E-state index contributed by atoms with van der Waals surface area (Å²) < 4.78 is 18.4. The SMILES string of the molecule is CCOC(=O)CNC(=O)NCc1cccc(-c2cccc([C@@H]3O[C@H](CN4CCN(c5ccc([N+](=O)[O-])cc5)CC4)[C@H](C)[C@H](c4ccc(CO)cc4)O3)c2)c1. The zero-order valence-corrected chi connectivity index (χ0v) is 30.6. The Morgan fingerprint density at radius 3 is 2.26 bits per heavy atom. The highest BCUT2D eigenvalue weighted by molar-refractivity contribution is 5.80. The summed E-state index contributed by atoms with van der Waals surface area (Å²) >= 11 is 0. The number of aliphatic hydroxyl groups excluding tert-OH is 1. The summed E-state index contributed by atoms with van der Waals surface area (Å²) in [7, 11) is 0. The summed E-state index contributed by atoms with van der Waals surface area (Å²) in [6.45, 7) is 8.09. The van der Waals surface area contributed by atoms with Gasteiger partial charge < -0.3 is 34.9 Å². The quantitative estimate of drug-likeness (QED) is 0.0881. The van der Waals surface area contributed by atoms with Gasteiger partial charge in [-0.15, -0.1) is 0 Å². The predicted octanol–water partition coefficient (Wildman–Crippen LogP) is 5.73. The highest BCUT2D eigenvalue weighted by Crippen LogP contribution is 2.42. The van der Waals surface area contributed by atoms with Crippen LogP contribution in [0.15, 0.2) is 97.1 Å². The van der Waals surface area contributed by atoms with Gasteiger partial charge in [-0.25, -0.2) is 4.79 Å². The fourth-order valence-corrected chi connectivity index (χ4v) is 6.89. The summed E-state index contributed by atoms with van der Waals surface area (Å²) in [5.74, 6) is -0.470. The Hall–Kier alpha value is -5.34. The van der Waals surface area contributed by atoms with Gasteiger partial charge in [0.2, 0.25) is 0 Å². The van der Waals surface area contributed by atoms with Crippen molar-refractivity contribution in [1.29, 1.82) is 0 Å². The molecule has 3 N–H and O–H groups in total. The molecule has 54 heavy (non-hydrogen) atoms. The number of urea groups is 1. The molecule has 4 aromatic carbocycles. The molecule has 4 atom stereocenters. The fourth-order valence-electron chi connectivity index (χ4n) is 6.89. The number of aliphatic hydroxyl groups is 1. The molecule has 13 nitrogen and oxygen atoms in total. The molecule has 0 aromatic heterocycles. The smallest absolute Gasteiger partial charge is 0.325 e. The van der Waals surface area contributed by atoms with Gasteiger partial charge in [-0.1, -0.05) is 67.6 Å². The van der Waals surface area contributed by atoms with Gasteiger partial charge >= 0.3 is 12.0 Å². The van der Waals surface area contributed by atoms with E-state index in [0.717, 1.165) is 65.2 Å². The van der Waals surface area contributed by atoms with Crippen molar-refractivity contribution in [2.75, 3.05) is 50.8 Å². The number of rotatable bonds is 13. The van der Waals surface area contributed by atoms with E-state index in [9.17, 15) is 24.8 Å². The number of nitrogens with one attached hydrogen (secondary N) is 2. The van der Waals surface area contributed by atoms with Gasteiger partial charge in [0.25, 0.3) is 5.69 Å². The van der Waals surface area contributed by atoms with Crippen LogP contribution in [0.1, 0.15) is 48.5 Å². The number of carbonyl (C=O) groups excluding carboxylic acids is 2. The van der Waals surface area contributed by atoms with Crippen molar-refractivity contribution in [1.82, 2.24) is 15.5 Å². The zero-order valence-electron chi connectivity index (χ0n) is 30.6. The molecular weight excluding hydrogens is 690 g/mol. The summed E-state index contributed by atoms with van der Waals surface area (Å²) in [6.07, 6.45) is -1.04. The lowest BCUT2D eigenvalue weighted by Gasteiger charge is -2.44. The molecule has 284 valence electrons. The van der Waals surface area contributed by atoms with E-state index in [-0.39, 0.29) is 55.0 Å². The number of nitro groups is 1. The first-order valence-corrected chi connectivity index (χ1v) is 18.3. The lowest BCUT2D eigenvalue weighted by atomic mass is 9.89. The molecule has 4 aromatic rings. The van der Waals surface area contributed by atoms with Crippen LogP contribution in [0.25, 0.3) is 11.1 Å². The maximum absolute atomic E-state index is 12.2. The molecule has 0 saturated carbocycles. The molecule has 2 amide bonds. The van der Waals surface area contributed by atoms with Gasteiger partial charge in [0.05, 0.1) is 30.3 Å². The maximum Gasteiger partial charge on any atom is 0.325 e. The highest BCUT2D eigenvalue weighted by atomic mass is 16.7. The number of ether oxygens (including phenoxy) is 3. The average molecular weight is 738 g/mol. The Labute approximate surface area is 315 Å². The molecule has 0 unspecified atom stereocenters. The Kier molecular flexibility index (Phi) is 12.9. The molecule has 2 aliphatic rings. The van der Waals surface area contributed by atoms with Crippen LogP contribution >= 0.6 is 0 Å². The lowest BCUT2D eigenvalue weighted by Crippen LogP contribution is -2.51. The van der Waals surface area contributed by atoms with E-state index in [4.69, 9.17) is 14.2 Å². The minimum atomic E-state index is -0.636. The van der Waals surface area contributed by atoms with Crippen molar-refractivity contribution in [3.63, 3.8) is 0 Å². The maximum atomic E-state index is 12.2. The molecule has 2 saturated heterocycles. The van der Waals surface area contributed by atoms with Crippen molar-refractivity contribution in [3.05, 3.63) is 129 Å². The molecule has 2 aliphatic heterocycles. The van der Waals surface area contributed by atoms with Crippen molar-refractivity contribution in [3.8, 4) is 11.1 Å². The summed E-state index contributed by atoms with van der Waals surface area (Å²) in [4.78, 5) is 39.2. The van der Waals surface area contributed by atoms with Crippen LogP contribution in [-0.2, 0) is 32.2 Å². The number of non-ortho nitro benzene ring substituents is 1. The summed E-state index contributed by atoms with van der Waals surface area (Å²) in [6, 6.07) is 30.1. The number of carbonyl (C=O) groups is 2. The third-order valence-corrected chi connectivity index (χ3v) is 9.93. The minimum Gasteiger partial charge on any atom is -0.465 e. The highest BCUT2D eigenvalue weighted by Gasteiger charge is 2.39. The topological polar surface area (TPSA) is 156 Å². The van der Waals surface area contributed by atoms with Crippen LogP contribution in [0.3, 0.4) is 0 Å². The number of hydrogen-bond acceptors (Lipinski definition) is 10. The standard InChI is InChI=1S/C41H47N5O8/c1-3-52-38(48)25-43-41(49)42-24-30-6-4-7-32(22-30)33-8-5-9-34(23-33)40-53-37(28(2)39(54-40)31-12-10-29(27-47)11-13-31)26-44-18-20-45(21-19-44)35-14-16-36(17-15-35)46(50)51/h4-17,22-23,28,37,39-40,47H,3,18-21,24-27H2,1-2H3,(H2,42,43,49)/t28-,37+,39+,40+/m0/s1. The van der Waals surface area contributed by atoms with Crippen LogP contribution in [0.2, 0.25) is 0 Å². The number of anilines is 1. The summed E-state index contributed by atoms with van der Waals surface area (Å²) in [5, 5.41) is 26.1. The molecule has 0 radical (unpaired) electrons. The first-order chi connectivity index (χ1) is 26.2. The molecule has 0 spiro atoms. The third kappa shape index (κ3) is 9.79. The zero-order chi connectivity index (χ0) is 38.0. The molecule has 2 fully saturated rings. The molecule has 6 rings (SSSR count). The molecule has 0 aliphatic carbocycles. The third-order valence-electron chi connectivity index (χ3n) is 9.93. The van der Waals surface area contributed by atoms with Gasteiger partial charge in [0.1, 0.15) is 6.54 Å².